The van der Waals surface area contributed by atoms with Crippen molar-refractivity contribution in [2.75, 3.05) is 30.9 Å². The zero-order valence-corrected chi connectivity index (χ0v) is 14.4. The monoisotopic (exact) mass is 367 g/mol. The summed E-state index contributed by atoms with van der Waals surface area (Å²) in [5.74, 6) is 0. The van der Waals surface area contributed by atoms with Gasteiger partial charge in [-0.3, -0.25) is 0 Å². The Labute approximate surface area is 139 Å². The van der Waals surface area contributed by atoms with Crippen LogP contribution in [-0.2, 0) is 0 Å². The first kappa shape index (κ1) is 16.1. The van der Waals surface area contributed by atoms with Crippen molar-refractivity contribution in [2.45, 2.75) is 6.04 Å². The van der Waals surface area contributed by atoms with Gasteiger partial charge in [-0.15, -0.1) is 0 Å². The molecule has 21 heavy (non-hydrogen) atoms. The van der Waals surface area contributed by atoms with Gasteiger partial charge in [0.1, 0.15) is 0 Å². The third-order valence-electron chi connectivity index (χ3n) is 3.31. The normalized spacial score (nSPS) is 12.0. The van der Waals surface area contributed by atoms with E-state index in [2.05, 4.69) is 50.4 Å². The average molecular weight is 369 g/mol. The average Bonchev–Trinajstić information content (AvgIpc) is 2.48. The summed E-state index contributed by atoms with van der Waals surface area (Å²) < 4.78 is 0.868. The maximum Gasteiger partial charge on any atom is 0.0636 e. The molecule has 2 aromatic carbocycles. The second kappa shape index (κ2) is 7.16. The van der Waals surface area contributed by atoms with Gasteiger partial charge in [-0.05, 0) is 51.8 Å². The first-order valence-corrected chi connectivity index (χ1v) is 7.87. The van der Waals surface area contributed by atoms with Crippen molar-refractivity contribution in [2.24, 2.45) is 5.73 Å². The van der Waals surface area contributed by atoms with Gasteiger partial charge in [-0.25, -0.2) is 0 Å². The molecular formula is C16H19BrClN3. The van der Waals surface area contributed by atoms with Gasteiger partial charge in [0.2, 0.25) is 0 Å². The van der Waals surface area contributed by atoms with E-state index in [0.717, 1.165) is 15.7 Å². The zero-order chi connectivity index (χ0) is 15.4. The van der Waals surface area contributed by atoms with Crippen molar-refractivity contribution in [1.82, 2.24) is 0 Å². The summed E-state index contributed by atoms with van der Waals surface area (Å²) in [6.07, 6.45) is 0. The van der Waals surface area contributed by atoms with Crippen LogP contribution in [0.2, 0.25) is 5.02 Å². The molecular weight excluding hydrogens is 350 g/mol. The highest BCUT2D eigenvalue weighted by Crippen LogP contribution is 2.28. The van der Waals surface area contributed by atoms with E-state index < -0.39 is 0 Å². The fourth-order valence-corrected chi connectivity index (χ4v) is 2.57. The number of halogens is 2. The number of nitrogens with one attached hydrogen (secondary N) is 1. The van der Waals surface area contributed by atoms with Crippen molar-refractivity contribution >= 4 is 38.9 Å². The second-order valence-electron chi connectivity index (χ2n) is 5.05. The molecule has 0 aliphatic heterocycles. The molecule has 0 radical (unpaired) electrons. The van der Waals surface area contributed by atoms with E-state index in [1.165, 1.54) is 5.69 Å². The number of hydrogen-bond acceptors (Lipinski definition) is 3. The molecule has 0 fully saturated rings. The summed E-state index contributed by atoms with van der Waals surface area (Å²) in [5, 5.41) is 4.13. The number of benzene rings is 2. The highest BCUT2D eigenvalue weighted by atomic mass is 79.9. The van der Waals surface area contributed by atoms with Crippen LogP contribution in [0.1, 0.15) is 11.6 Å². The summed E-state index contributed by atoms with van der Waals surface area (Å²) in [4.78, 5) is 2.07. The molecule has 0 aliphatic rings. The van der Waals surface area contributed by atoms with Gasteiger partial charge in [-0.2, -0.15) is 0 Å². The molecule has 1 atom stereocenters. The molecule has 2 aromatic rings. The van der Waals surface area contributed by atoms with Crippen molar-refractivity contribution in [3.63, 3.8) is 0 Å². The number of nitrogens with zero attached hydrogens (tertiary/aromatic N) is 1. The molecule has 5 heteroatoms. The minimum Gasteiger partial charge on any atom is -0.378 e. The summed E-state index contributed by atoms with van der Waals surface area (Å²) in [6.45, 7) is 0.515. The third-order valence-corrected chi connectivity index (χ3v) is 4.52. The van der Waals surface area contributed by atoms with E-state index in [-0.39, 0.29) is 6.04 Å². The van der Waals surface area contributed by atoms with Crippen LogP contribution in [0.4, 0.5) is 11.4 Å². The van der Waals surface area contributed by atoms with E-state index in [9.17, 15) is 0 Å². The highest BCUT2D eigenvalue weighted by molar-refractivity contribution is 9.10. The zero-order valence-electron chi connectivity index (χ0n) is 12.1. The Balaban J connectivity index is 2.17. The topological polar surface area (TPSA) is 41.3 Å². The predicted octanol–water partition coefficient (Wildman–Crippen LogP) is 4.28. The minimum atomic E-state index is 0.0642. The molecule has 0 saturated heterocycles. The molecule has 0 spiro atoms. The van der Waals surface area contributed by atoms with Crippen molar-refractivity contribution in [3.05, 3.63) is 57.5 Å². The standard InChI is InChI=1S/C16H19BrClN3/c1-21(2)13-6-3-11(4-7-13)16(10-19)20-12-5-8-15(18)14(17)9-12/h3-9,16,20H,10,19H2,1-2H3. The first-order valence-electron chi connectivity index (χ1n) is 6.70. The summed E-state index contributed by atoms with van der Waals surface area (Å²) >= 11 is 9.44. The van der Waals surface area contributed by atoms with Crippen LogP contribution in [0.3, 0.4) is 0 Å². The molecule has 112 valence electrons. The van der Waals surface area contributed by atoms with Crippen LogP contribution in [0.25, 0.3) is 0 Å². The van der Waals surface area contributed by atoms with E-state index in [0.29, 0.717) is 11.6 Å². The lowest BCUT2D eigenvalue weighted by molar-refractivity contribution is 0.790. The lowest BCUT2D eigenvalue weighted by Crippen LogP contribution is -2.20. The van der Waals surface area contributed by atoms with Gasteiger partial charge in [0.15, 0.2) is 0 Å². The molecule has 0 aromatic heterocycles. The minimum absolute atomic E-state index is 0.0642. The fraction of sp³-hybridized carbons (Fsp3) is 0.250. The molecule has 3 nitrogen and oxygen atoms in total. The van der Waals surface area contributed by atoms with Crippen molar-refractivity contribution in [1.29, 1.82) is 0 Å². The summed E-state index contributed by atoms with van der Waals surface area (Å²) in [5.41, 5.74) is 9.22. The predicted molar refractivity (Wildman–Crippen MR) is 95.3 cm³/mol. The lowest BCUT2D eigenvalue weighted by atomic mass is 10.1. The van der Waals surface area contributed by atoms with Crippen LogP contribution in [0.15, 0.2) is 46.9 Å². The van der Waals surface area contributed by atoms with E-state index >= 15 is 0 Å². The molecule has 1 unspecified atom stereocenters. The maximum atomic E-state index is 6.01. The molecule has 0 amide bonds. The van der Waals surface area contributed by atoms with Crippen LogP contribution in [0, 0.1) is 0 Å². The maximum absolute atomic E-state index is 6.01. The Hall–Kier alpha value is -1.23. The smallest absolute Gasteiger partial charge is 0.0636 e. The van der Waals surface area contributed by atoms with Gasteiger partial charge in [-0.1, -0.05) is 23.7 Å². The van der Waals surface area contributed by atoms with E-state index in [1.54, 1.807) is 0 Å². The van der Waals surface area contributed by atoms with Crippen LogP contribution >= 0.6 is 27.5 Å². The lowest BCUT2D eigenvalue weighted by Gasteiger charge is -2.20. The molecule has 0 aliphatic carbocycles. The SMILES string of the molecule is CN(C)c1ccc(C(CN)Nc2ccc(Cl)c(Br)c2)cc1. The Bertz CT molecular complexity index is 599. The molecule has 0 saturated carbocycles. The molecule has 3 N–H and O–H groups in total. The fourth-order valence-electron chi connectivity index (χ4n) is 2.07. The Morgan fingerprint density at radius 2 is 1.86 bits per heavy atom. The summed E-state index contributed by atoms with van der Waals surface area (Å²) in [6, 6.07) is 14.2. The number of nitrogens with two attached hydrogens (primary N) is 1. The van der Waals surface area contributed by atoms with Gasteiger partial charge in [0.05, 0.1) is 11.1 Å². The number of anilines is 2. The second-order valence-corrected chi connectivity index (χ2v) is 6.31. The largest absolute Gasteiger partial charge is 0.378 e. The Kier molecular flexibility index (Phi) is 5.51. The van der Waals surface area contributed by atoms with Gasteiger partial charge >= 0.3 is 0 Å². The van der Waals surface area contributed by atoms with E-state index in [1.807, 2.05) is 32.3 Å². The Morgan fingerprint density at radius 3 is 2.38 bits per heavy atom. The van der Waals surface area contributed by atoms with Gasteiger partial charge in [0, 0.05) is 36.5 Å². The highest BCUT2D eigenvalue weighted by Gasteiger charge is 2.10. The number of rotatable bonds is 5. The first-order chi connectivity index (χ1) is 10.0. The van der Waals surface area contributed by atoms with Crippen LogP contribution in [-0.4, -0.2) is 20.6 Å². The Morgan fingerprint density at radius 1 is 1.19 bits per heavy atom. The quantitative estimate of drug-likeness (QED) is 0.827. The van der Waals surface area contributed by atoms with Crippen LogP contribution < -0.4 is 16.0 Å². The molecule has 2 rings (SSSR count). The summed E-state index contributed by atoms with van der Waals surface area (Å²) in [7, 11) is 4.05. The van der Waals surface area contributed by atoms with E-state index in [4.69, 9.17) is 17.3 Å². The van der Waals surface area contributed by atoms with Crippen molar-refractivity contribution in [3.8, 4) is 0 Å². The number of hydrogen-bond donors (Lipinski definition) is 2. The van der Waals surface area contributed by atoms with Gasteiger partial charge in [0.25, 0.3) is 0 Å². The van der Waals surface area contributed by atoms with Gasteiger partial charge < -0.3 is 16.0 Å². The van der Waals surface area contributed by atoms with Crippen molar-refractivity contribution < 1.29 is 0 Å². The van der Waals surface area contributed by atoms with Crippen LogP contribution in [0.5, 0.6) is 0 Å². The third kappa shape index (κ3) is 4.13. The molecule has 0 bridgehead atoms. The molecule has 0 heterocycles.